The molecule has 3 heterocycles. The maximum atomic E-state index is 5.03. The van der Waals surface area contributed by atoms with Crippen molar-refractivity contribution >= 4 is 17.3 Å². The zero-order valence-corrected chi connectivity index (χ0v) is 17.7. The lowest BCUT2D eigenvalue weighted by molar-refractivity contribution is 0.188. The molecule has 3 rings (SSSR count). The summed E-state index contributed by atoms with van der Waals surface area (Å²) in [5.74, 6) is 1.66. The number of piperidine rings is 1. The van der Waals surface area contributed by atoms with Crippen LogP contribution in [0.4, 0.5) is 0 Å². The van der Waals surface area contributed by atoms with E-state index >= 15 is 0 Å². The van der Waals surface area contributed by atoms with Gasteiger partial charge in [0.1, 0.15) is 0 Å². The monoisotopic (exact) mass is 388 g/mol. The highest BCUT2D eigenvalue weighted by atomic mass is 32.1. The van der Waals surface area contributed by atoms with Gasteiger partial charge in [-0.25, -0.2) is 4.98 Å². The van der Waals surface area contributed by atoms with Crippen molar-refractivity contribution in [1.82, 2.24) is 24.7 Å². The summed E-state index contributed by atoms with van der Waals surface area (Å²) in [5, 5.41) is 5.65. The molecular formula is C20H32N6S. The first-order valence-corrected chi connectivity index (χ1v) is 10.7. The standard InChI is InChI=1S/C20H32N6S/c1-5-22-20(23-13-17(24(3)4)19-7-6-12-27-19)25-10-8-16(2)18(14-25)26-11-9-21-15-26/h6-7,9,11-12,15-18H,5,8,10,13-14H2,1-4H3,(H,22,23). The number of thiophene rings is 1. The summed E-state index contributed by atoms with van der Waals surface area (Å²) < 4.78 is 2.24. The lowest BCUT2D eigenvalue weighted by atomic mass is 9.93. The van der Waals surface area contributed by atoms with Crippen LogP contribution < -0.4 is 5.32 Å². The van der Waals surface area contributed by atoms with Crippen LogP contribution in [-0.2, 0) is 0 Å². The lowest BCUT2D eigenvalue weighted by Crippen LogP contribution is -2.49. The predicted molar refractivity (Wildman–Crippen MR) is 113 cm³/mol. The van der Waals surface area contributed by atoms with Gasteiger partial charge >= 0.3 is 0 Å². The zero-order chi connectivity index (χ0) is 19.2. The number of hydrogen-bond donors (Lipinski definition) is 1. The molecular weight excluding hydrogens is 356 g/mol. The van der Waals surface area contributed by atoms with E-state index < -0.39 is 0 Å². The molecule has 2 aromatic heterocycles. The average molecular weight is 389 g/mol. The first-order valence-electron chi connectivity index (χ1n) is 9.80. The highest BCUT2D eigenvalue weighted by Crippen LogP contribution is 2.28. The molecule has 0 saturated carbocycles. The van der Waals surface area contributed by atoms with Crippen molar-refractivity contribution in [2.45, 2.75) is 32.4 Å². The van der Waals surface area contributed by atoms with Crippen LogP contribution in [0.3, 0.4) is 0 Å². The summed E-state index contributed by atoms with van der Waals surface area (Å²) in [6.45, 7) is 8.13. The van der Waals surface area contributed by atoms with Gasteiger partial charge in [-0.15, -0.1) is 11.3 Å². The van der Waals surface area contributed by atoms with Gasteiger partial charge in [-0.2, -0.15) is 0 Å². The number of nitrogens with one attached hydrogen (secondary N) is 1. The van der Waals surface area contributed by atoms with Crippen LogP contribution in [0.2, 0.25) is 0 Å². The topological polar surface area (TPSA) is 48.7 Å². The molecule has 2 aromatic rings. The fraction of sp³-hybridized carbons (Fsp3) is 0.600. The van der Waals surface area contributed by atoms with Crippen molar-refractivity contribution in [3.8, 4) is 0 Å². The summed E-state index contributed by atoms with van der Waals surface area (Å²) in [4.78, 5) is 15.3. The van der Waals surface area contributed by atoms with Crippen LogP contribution in [0.15, 0.2) is 41.2 Å². The normalized spacial score (nSPS) is 22.3. The van der Waals surface area contributed by atoms with Crippen LogP contribution in [0.25, 0.3) is 0 Å². The Morgan fingerprint density at radius 1 is 1.48 bits per heavy atom. The molecule has 1 aliphatic rings. The van der Waals surface area contributed by atoms with E-state index in [0.29, 0.717) is 18.0 Å². The molecule has 0 aromatic carbocycles. The third-order valence-electron chi connectivity index (χ3n) is 5.37. The van der Waals surface area contributed by atoms with Crippen molar-refractivity contribution < 1.29 is 0 Å². The molecule has 0 spiro atoms. The number of aliphatic imine (C=N–C) groups is 1. The molecule has 0 aliphatic carbocycles. The quantitative estimate of drug-likeness (QED) is 0.610. The number of nitrogens with zero attached hydrogens (tertiary/aromatic N) is 5. The van der Waals surface area contributed by atoms with E-state index in [1.54, 1.807) is 11.3 Å². The van der Waals surface area contributed by atoms with Crippen LogP contribution in [0.5, 0.6) is 0 Å². The van der Waals surface area contributed by atoms with Gasteiger partial charge in [0.25, 0.3) is 0 Å². The number of hydrogen-bond acceptors (Lipinski definition) is 4. The second-order valence-electron chi connectivity index (χ2n) is 7.48. The Balaban J connectivity index is 1.74. The van der Waals surface area contributed by atoms with E-state index in [2.05, 4.69) is 76.3 Å². The van der Waals surface area contributed by atoms with Crippen LogP contribution >= 0.6 is 11.3 Å². The summed E-state index contributed by atoms with van der Waals surface area (Å²) >= 11 is 1.80. The fourth-order valence-corrected chi connectivity index (χ4v) is 4.60. The number of likely N-dealkylation sites (N-methyl/N-ethyl adjacent to an activating group) is 1. The van der Waals surface area contributed by atoms with Crippen LogP contribution in [-0.4, -0.2) is 65.6 Å². The van der Waals surface area contributed by atoms with E-state index in [-0.39, 0.29) is 0 Å². The highest BCUT2D eigenvalue weighted by Gasteiger charge is 2.29. The molecule has 148 valence electrons. The van der Waals surface area contributed by atoms with E-state index in [1.807, 2.05) is 12.5 Å². The van der Waals surface area contributed by atoms with Crippen LogP contribution in [0, 0.1) is 5.92 Å². The van der Waals surface area contributed by atoms with Crippen molar-refractivity contribution in [2.24, 2.45) is 10.9 Å². The van der Waals surface area contributed by atoms with E-state index in [1.165, 1.54) is 4.88 Å². The number of likely N-dealkylation sites (tertiary alicyclic amines) is 1. The van der Waals surface area contributed by atoms with Crippen molar-refractivity contribution in [3.05, 3.63) is 41.1 Å². The van der Waals surface area contributed by atoms with Gasteiger partial charge in [0.2, 0.25) is 0 Å². The molecule has 1 aliphatic heterocycles. The molecule has 1 fully saturated rings. The first kappa shape index (κ1) is 19.9. The number of rotatable bonds is 6. The molecule has 27 heavy (non-hydrogen) atoms. The highest BCUT2D eigenvalue weighted by molar-refractivity contribution is 7.10. The van der Waals surface area contributed by atoms with Crippen molar-refractivity contribution in [2.75, 3.05) is 40.3 Å². The summed E-state index contributed by atoms with van der Waals surface area (Å²) in [6.07, 6.45) is 7.05. The first-order chi connectivity index (χ1) is 13.1. The molecule has 7 heteroatoms. The lowest BCUT2D eigenvalue weighted by Gasteiger charge is -2.39. The Bertz CT molecular complexity index is 694. The molecule has 0 bridgehead atoms. The zero-order valence-electron chi connectivity index (χ0n) is 16.9. The van der Waals surface area contributed by atoms with Crippen molar-refractivity contribution in [1.29, 1.82) is 0 Å². The molecule has 1 saturated heterocycles. The maximum absolute atomic E-state index is 5.03. The molecule has 6 nitrogen and oxygen atoms in total. The van der Waals surface area contributed by atoms with E-state index in [4.69, 9.17) is 4.99 Å². The minimum absolute atomic E-state index is 0.312. The maximum Gasteiger partial charge on any atom is 0.194 e. The summed E-state index contributed by atoms with van der Waals surface area (Å²) in [7, 11) is 4.26. The fourth-order valence-electron chi connectivity index (χ4n) is 3.68. The number of imidazole rings is 1. The molecule has 0 amide bonds. The number of guanidine groups is 1. The average Bonchev–Trinajstić information content (AvgIpc) is 3.35. The minimum atomic E-state index is 0.312. The van der Waals surface area contributed by atoms with Gasteiger partial charge in [-0.1, -0.05) is 13.0 Å². The molecule has 3 atom stereocenters. The van der Waals surface area contributed by atoms with Gasteiger partial charge in [0, 0.05) is 36.9 Å². The predicted octanol–water partition coefficient (Wildman–Crippen LogP) is 3.10. The largest absolute Gasteiger partial charge is 0.357 e. The Morgan fingerprint density at radius 3 is 2.96 bits per heavy atom. The third-order valence-corrected chi connectivity index (χ3v) is 6.34. The Labute approximate surface area is 166 Å². The van der Waals surface area contributed by atoms with Crippen LogP contribution in [0.1, 0.15) is 37.2 Å². The second-order valence-corrected chi connectivity index (χ2v) is 8.46. The van der Waals surface area contributed by atoms with E-state index in [0.717, 1.165) is 38.6 Å². The van der Waals surface area contributed by atoms with Crippen molar-refractivity contribution in [3.63, 3.8) is 0 Å². The Hall–Kier alpha value is -1.86. The smallest absolute Gasteiger partial charge is 0.194 e. The summed E-state index contributed by atoms with van der Waals surface area (Å²) in [6, 6.07) is 5.07. The summed E-state index contributed by atoms with van der Waals surface area (Å²) in [5.41, 5.74) is 0. The van der Waals surface area contributed by atoms with Gasteiger partial charge in [-0.3, -0.25) is 4.99 Å². The van der Waals surface area contributed by atoms with Gasteiger partial charge in [0.15, 0.2) is 5.96 Å². The second kappa shape index (κ2) is 9.37. The van der Waals surface area contributed by atoms with Gasteiger partial charge < -0.3 is 19.7 Å². The van der Waals surface area contributed by atoms with Gasteiger partial charge in [-0.05, 0) is 44.8 Å². The Kier molecular flexibility index (Phi) is 6.90. The molecule has 0 radical (unpaired) electrons. The minimum Gasteiger partial charge on any atom is -0.357 e. The SMILES string of the molecule is CCNC(=NCC(c1cccs1)N(C)C)N1CCC(C)C(n2ccnc2)C1. The molecule has 3 unspecified atom stereocenters. The molecule has 1 N–H and O–H groups in total. The number of aromatic nitrogens is 2. The van der Waals surface area contributed by atoms with Gasteiger partial charge in [0.05, 0.1) is 25.0 Å². The van der Waals surface area contributed by atoms with E-state index in [9.17, 15) is 0 Å². The Morgan fingerprint density at radius 2 is 2.33 bits per heavy atom. The third kappa shape index (κ3) is 4.90.